The topological polar surface area (TPSA) is 54.0 Å². The molecule has 2 N–H and O–H groups in total. The van der Waals surface area contributed by atoms with Gasteiger partial charge in [-0.1, -0.05) is 0 Å². The molecule has 6 heteroatoms. The lowest BCUT2D eigenvalue weighted by atomic mass is 10.2. The van der Waals surface area contributed by atoms with Crippen molar-refractivity contribution in [1.82, 2.24) is 15.6 Å². The van der Waals surface area contributed by atoms with Crippen LogP contribution in [0.4, 0.5) is 4.39 Å². The number of carbonyl (C=O) groups is 1. The van der Waals surface area contributed by atoms with Crippen LogP contribution >= 0.6 is 11.3 Å². The number of hydrogen-bond acceptors (Lipinski definition) is 4. The molecule has 2 rings (SSSR count). The van der Waals surface area contributed by atoms with Crippen LogP contribution in [0.2, 0.25) is 0 Å². The van der Waals surface area contributed by atoms with Crippen molar-refractivity contribution in [2.24, 2.45) is 0 Å². The summed E-state index contributed by atoms with van der Waals surface area (Å²) < 4.78 is 12.9. The second-order valence-corrected chi connectivity index (χ2v) is 5.12. The smallest absolute Gasteiger partial charge is 0.270 e. The fourth-order valence-corrected chi connectivity index (χ4v) is 2.47. The highest BCUT2D eigenvalue weighted by Gasteiger charge is 2.11. The van der Waals surface area contributed by atoms with Crippen molar-refractivity contribution in [3.63, 3.8) is 0 Å². The molecule has 0 unspecified atom stereocenters. The molecule has 0 spiro atoms. The van der Waals surface area contributed by atoms with E-state index >= 15 is 0 Å². The number of halogens is 1. The second kappa shape index (κ2) is 7.12. The molecule has 20 heavy (non-hydrogen) atoms. The molecule has 4 nitrogen and oxygen atoms in total. The summed E-state index contributed by atoms with van der Waals surface area (Å²) in [4.78, 5) is 16.1. The highest BCUT2D eigenvalue weighted by Crippen LogP contribution is 2.23. The summed E-state index contributed by atoms with van der Waals surface area (Å²) >= 11 is 1.37. The summed E-state index contributed by atoms with van der Waals surface area (Å²) in [5, 5.41) is 8.26. The first-order valence-electron chi connectivity index (χ1n) is 6.35. The largest absolute Gasteiger partial charge is 0.351 e. The van der Waals surface area contributed by atoms with Gasteiger partial charge in [-0.05, 0) is 44.3 Å². The number of hydrogen-bond donors (Lipinski definition) is 2. The van der Waals surface area contributed by atoms with Crippen molar-refractivity contribution in [3.8, 4) is 10.6 Å². The van der Waals surface area contributed by atoms with Crippen molar-refractivity contribution >= 4 is 17.2 Å². The number of nitrogens with one attached hydrogen (secondary N) is 2. The van der Waals surface area contributed by atoms with Crippen LogP contribution in [-0.2, 0) is 0 Å². The first-order chi connectivity index (χ1) is 9.70. The van der Waals surface area contributed by atoms with Gasteiger partial charge in [0.05, 0.1) is 0 Å². The average molecular weight is 293 g/mol. The van der Waals surface area contributed by atoms with Gasteiger partial charge in [-0.25, -0.2) is 9.37 Å². The fourth-order valence-electron chi connectivity index (χ4n) is 1.66. The third kappa shape index (κ3) is 3.85. The normalized spacial score (nSPS) is 10.5. The summed E-state index contributed by atoms with van der Waals surface area (Å²) in [7, 11) is 1.87. The second-order valence-electron chi connectivity index (χ2n) is 4.26. The van der Waals surface area contributed by atoms with Crippen LogP contribution in [0.5, 0.6) is 0 Å². The third-order valence-electron chi connectivity index (χ3n) is 2.72. The van der Waals surface area contributed by atoms with E-state index in [9.17, 15) is 9.18 Å². The van der Waals surface area contributed by atoms with E-state index in [0.29, 0.717) is 17.2 Å². The minimum Gasteiger partial charge on any atom is -0.351 e. The Hall–Kier alpha value is -1.79. The van der Waals surface area contributed by atoms with Crippen LogP contribution in [0, 0.1) is 5.82 Å². The van der Waals surface area contributed by atoms with E-state index in [1.54, 1.807) is 17.5 Å². The van der Waals surface area contributed by atoms with E-state index in [-0.39, 0.29) is 11.7 Å². The number of rotatable bonds is 6. The number of thiazole rings is 1. The Morgan fingerprint density at radius 1 is 1.30 bits per heavy atom. The Kier molecular flexibility index (Phi) is 5.20. The fraction of sp³-hybridized carbons (Fsp3) is 0.286. The Bertz CT molecular complexity index is 568. The molecule has 1 aromatic heterocycles. The molecule has 0 bridgehead atoms. The molecular formula is C14H16FN3OS. The molecule has 0 aliphatic carbocycles. The van der Waals surface area contributed by atoms with Crippen LogP contribution in [0.15, 0.2) is 29.6 Å². The van der Waals surface area contributed by atoms with Crippen molar-refractivity contribution in [2.75, 3.05) is 20.1 Å². The third-order valence-corrected chi connectivity index (χ3v) is 3.61. The van der Waals surface area contributed by atoms with Gasteiger partial charge in [0.25, 0.3) is 5.91 Å². The molecule has 0 aliphatic heterocycles. The molecule has 1 heterocycles. The minimum atomic E-state index is -0.284. The summed E-state index contributed by atoms with van der Waals surface area (Å²) in [6.45, 7) is 1.47. The Morgan fingerprint density at radius 3 is 2.75 bits per heavy atom. The molecule has 0 fully saturated rings. The number of benzene rings is 1. The Balaban J connectivity index is 1.98. The van der Waals surface area contributed by atoms with E-state index in [1.807, 2.05) is 7.05 Å². The Labute approximate surface area is 121 Å². The molecular weight excluding hydrogens is 277 g/mol. The van der Waals surface area contributed by atoms with Crippen LogP contribution in [0.25, 0.3) is 10.6 Å². The molecule has 0 atom stereocenters. The molecule has 0 radical (unpaired) electrons. The SMILES string of the molecule is CNCCCNC(=O)c1csc(-c2ccc(F)cc2)n1. The van der Waals surface area contributed by atoms with Gasteiger partial charge >= 0.3 is 0 Å². The molecule has 1 amide bonds. The quantitative estimate of drug-likeness (QED) is 0.804. The maximum absolute atomic E-state index is 12.9. The number of amides is 1. The van der Waals surface area contributed by atoms with Crippen molar-refractivity contribution in [3.05, 3.63) is 41.2 Å². The van der Waals surface area contributed by atoms with Gasteiger partial charge < -0.3 is 10.6 Å². The molecule has 0 aliphatic rings. The lowest BCUT2D eigenvalue weighted by molar-refractivity contribution is 0.0949. The molecule has 0 saturated heterocycles. The molecule has 106 valence electrons. The van der Waals surface area contributed by atoms with Gasteiger partial charge in [-0.3, -0.25) is 4.79 Å². The maximum Gasteiger partial charge on any atom is 0.270 e. The molecule has 0 saturated carbocycles. The number of aromatic nitrogens is 1. The van der Waals surface area contributed by atoms with Gasteiger partial charge in [0.2, 0.25) is 0 Å². The van der Waals surface area contributed by atoms with E-state index < -0.39 is 0 Å². The van der Waals surface area contributed by atoms with Crippen LogP contribution < -0.4 is 10.6 Å². The van der Waals surface area contributed by atoms with Gasteiger partial charge in [-0.15, -0.1) is 11.3 Å². The molecule has 1 aromatic carbocycles. The lowest BCUT2D eigenvalue weighted by Crippen LogP contribution is -2.26. The number of carbonyl (C=O) groups excluding carboxylic acids is 1. The summed E-state index contributed by atoms with van der Waals surface area (Å²) in [5.74, 6) is -0.460. The standard InChI is InChI=1S/C14H16FN3OS/c1-16-7-2-8-17-13(19)12-9-20-14(18-12)10-3-5-11(15)6-4-10/h3-6,9,16H,2,7-8H2,1H3,(H,17,19). The van der Waals surface area contributed by atoms with Crippen molar-refractivity contribution < 1.29 is 9.18 Å². The van der Waals surface area contributed by atoms with Crippen LogP contribution in [0.3, 0.4) is 0 Å². The highest BCUT2D eigenvalue weighted by atomic mass is 32.1. The van der Waals surface area contributed by atoms with E-state index in [2.05, 4.69) is 15.6 Å². The van der Waals surface area contributed by atoms with Gasteiger partial charge in [0.1, 0.15) is 16.5 Å². The lowest BCUT2D eigenvalue weighted by Gasteiger charge is -2.02. The van der Waals surface area contributed by atoms with E-state index in [0.717, 1.165) is 18.5 Å². The monoisotopic (exact) mass is 293 g/mol. The zero-order chi connectivity index (χ0) is 14.4. The first-order valence-corrected chi connectivity index (χ1v) is 7.23. The zero-order valence-electron chi connectivity index (χ0n) is 11.1. The predicted molar refractivity (Wildman–Crippen MR) is 78.4 cm³/mol. The summed E-state index contributed by atoms with van der Waals surface area (Å²) in [5.41, 5.74) is 1.21. The molecule has 2 aromatic rings. The van der Waals surface area contributed by atoms with Gasteiger partial charge in [-0.2, -0.15) is 0 Å². The highest BCUT2D eigenvalue weighted by molar-refractivity contribution is 7.13. The average Bonchev–Trinajstić information content (AvgIpc) is 2.94. The number of nitrogens with zero attached hydrogens (tertiary/aromatic N) is 1. The van der Waals surface area contributed by atoms with Crippen LogP contribution in [-0.4, -0.2) is 31.0 Å². The van der Waals surface area contributed by atoms with Gasteiger partial charge in [0, 0.05) is 17.5 Å². The minimum absolute atomic E-state index is 0.175. The van der Waals surface area contributed by atoms with Crippen molar-refractivity contribution in [1.29, 1.82) is 0 Å². The Morgan fingerprint density at radius 2 is 2.05 bits per heavy atom. The zero-order valence-corrected chi connectivity index (χ0v) is 12.0. The predicted octanol–water partition coefficient (Wildman–Crippen LogP) is 2.29. The first kappa shape index (κ1) is 14.6. The summed E-state index contributed by atoms with van der Waals surface area (Å²) in [6.07, 6.45) is 0.872. The van der Waals surface area contributed by atoms with E-state index in [1.165, 1.54) is 23.5 Å². The maximum atomic E-state index is 12.9. The van der Waals surface area contributed by atoms with E-state index in [4.69, 9.17) is 0 Å². The summed E-state index contributed by atoms with van der Waals surface area (Å²) in [6, 6.07) is 6.08. The van der Waals surface area contributed by atoms with Gasteiger partial charge in [0.15, 0.2) is 0 Å². The van der Waals surface area contributed by atoms with Crippen LogP contribution in [0.1, 0.15) is 16.9 Å². The van der Waals surface area contributed by atoms with Crippen molar-refractivity contribution in [2.45, 2.75) is 6.42 Å².